The first-order valence-corrected chi connectivity index (χ1v) is 5.59. The van der Waals surface area contributed by atoms with E-state index in [4.69, 9.17) is 9.78 Å². The summed E-state index contributed by atoms with van der Waals surface area (Å²) in [4.78, 5) is 4.17. The molecule has 0 fully saturated rings. The maximum Gasteiger partial charge on any atom is 0.228 e. The largest absolute Gasteiger partial charge is 0.339 e. The summed E-state index contributed by atoms with van der Waals surface area (Å²) in [5.74, 6) is 0.217. The van der Waals surface area contributed by atoms with E-state index in [0.717, 1.165) is 5.56 Å². The van der Waals surface area contributed by atoms with Crippen molar-refractivity contribution in [2.75, 3.05) is 0 Å². The summed E-state index contributed by atoms with van der Waals surface area (Å²) >= 11 is 0. The zero-order valence-corrected chi connectivity index (χ0v) is 10.1. The van der Waals surface area contributed by atoms with Crippen LogP contribution in [0.25, 0.3) is 11.4 Å². The second-order valence-corrected chi connectivity index (χ2v) is 4.21. The van der Waals surface area contributed by atoms with E-state index in [0.29, 0.717) is 23.7 Å². The van der Waals surface area contributed by atoms with E-state index in [1.165, 1.54) is 12.1 Å². The lowest BCUT2D eigenvalue weighted by Crippen LogP contribution is -1.96. The van der Waals surface area contributed by atoms with Crippen LogP contribution in [0.2, 0.25) is 0 Å². The van der Waals surface area contributed by atoms with Gasteiger partial charge in [0.05, 0.1) is 12.0 Å². The van der Waals surface area contributed by atoms with E-state index < -0.39 is 0 Å². The molecule has 0 radical (unpaired) electrons. The number of aromatic nitrogens is 2. The topological polar surface area (TPSA) is 62.7 Å². The Labute approximate surface area is 104 Å². The standard InChI is InChI=1S/C13H12FN3O/c1-8(7-15)5-12-16-13(17-18-12)11-6-10(14)4-3-9(11)2/h3-4,6,8H,5H2,1-2H3. The number of benzene rings is 1. The van der Waals surface area contributed by atoms with Crippen LogP contribution in [0, 0.1) is 30.0 Å². The fourth-order valence-electron chi connectivity index (χ4n) is 1.59. The first kappa shape index (κ1) is 12.2. The van der Waals surface area contributed by atoms with E-state index in [1.807, 2.05) is 6.92 Å². The van der Waals surface area contributed by atoms with Crippen LogP contribution in [-0.2, 0) is 6.42 Å². The van der Waals surface area contributed by atoms with Gasteiger partial charge in [-0.25, -0.2) is 4.39 Å². The van der Waals surface area contributed by atoms with Gasteiger partial charge in [0.15, 0.2) is 0 Å². The Bertz CT molecular complexity index is 601. The monoisotopic (exact) mass is 245 g/mol. The van der Waals surface area contributed by atoms with E-state index in [-0.39, 0.29) is 11.7 Å². The van der Waals surface area contributed by atoms with Crippen molar-refractivity contribution in [3.63, 3.8) is 0 Å². The van der Waals surface area contributed by atoms with Crippen molar-refractivity contribution in [1.82, 2.24) is 10.1 Å². The Hall–Kier alpha value is -2.22. The third-order valence-corrected chi connectivity index (χ3v) is 2.61. The third-order valence-electron chi connectivity index (χ3n) is 2.61. The van der Waals surface area contributed by atoms with Gasteiger partial charge >= 0.3 is 0 Å². The molecular formula is C13H12FN3O. The zero-order valence-electron chi connectivity index (χ0n) is 10.1. The molecule has 2 aromatic rings. The minimum Gasteiger partial charge on any atom is -0.339 e. The van der Waals surface area contributed by atoms with Gasteiger partial charge in [0.25, 0.3) is 0 Å². The molecule has 0 aliphatic rings. The molecule has 92 valence electrons. The average molecular weight is 245 g/mol. The third kappa shape index (κ3) is 2.54. The molecule has 2 rings (SSSR count). The molecule has 0 aliphatic carbocycles. The van der Waals surface area contributed by atoms with Crippen LogP contribution >= 0.6 is 0 Å². The molecule has 0 N–H and O–H groups in total. The van der Waals surface area contributed by atoms with Gasteiger partial charge in [0, 0.05) is 12.0 Å². The van der Waals surface area contributed by atoms with E-state index in [2.05, 4.69) is 16.2 Å². The first-order valence-electron chi connectivity index (χ1n) is 5.59. The van der Waals surface area contributed by atoms with Crippen molar-refractivity contribution in [3.05, 3.63) is 35.5 Å². The number of nitrogens with zero attached hydrogens (tertiary/aromatic N) is 3. The van der Waals surface area contributed by atoms with Crippen molar-refractivity contribution in [1.29, 1.82) is 5.26 Å². The summed E-state index contributed by atoms with van der Waals surface area (Å²) in [6.45, 7) is 3.63. The molecule has 1 atom stereocenters. The van der Waals surface area contributed by atoms with Crippen molar-refractivity contribution >= 4 is 0 Å². The van der Waals surface area contributed by atoms with Gasteiger partial charge in [-0.1, -0.05) is 11.2 Å². The van der Waals surface area contributed by atoms with Crippen molar-refractivity contribution in [3.8, 4) is 17.5 Å². The Morgan fingerprint density at radius 3 is 3.00 bits per heavy atom. The Morgan fingerprint density at radius 1 is 1.50 bits per heavy atom. The predicted octanol–water partition coefficient (Wildman–Crippen LogP) is 2.89. The normalized spacial score (nSPS) is 12.1. The SMILES string of the molecule is Cc1ccc(F)cc1-c1noc(CC(C)C#N)n1. The Kier molecular flexibility index (Phi) is 3.38. The fraction of sp³-hybridized carbons (Fsp3) is 0.308. The smallest absolute Gasteiger partial charge is 0.228 e. The van der Waals surface area contributed by atoms with Crippen LogP contribution in [0.4, 0.5) is 4.39 Å². The first-order chi connectivity index (χ1) is 8.60. The molecule has 4 nitrogen and oxygen atoms in total. The average Bonchev–Trinajstić information content (AvgIpc) is 2.80. The van der Waals surface area contributed by atoms with E-state index in [9.17, 15) is 4.39 Å². The lowest BCUT2D eigenvalue weighted by Gasteiger charge is -1.99. The van der Waals surface area contributed by atoms with Gasteiger partial charge in [-0.05, 0) is 31.5 Å². The van der Waals surface area contributed by atoms with Gasteiger partial charge in [0.2, 0.25) is 11.7 Å². The van der Waals surface area contributed by atoms with Crippen molar-refractivity contribution < 1.29 is 8.91 Å². The van der Waals surface area contributed by atoms with Crippen LogP contribution in [0.1, 0.15) is 18.4 Å². The summed E-state index contributed by atoms with van der Waals surface area (Å²) in [7, 11) is 0. The number of aryl methyl sites for hydroxylation is 1. The van der Waals surface area contributed by atoms with Crippen LogP contribution in [0.3, 0.4) is 0 Å². The van der Waals surface area contributed by atoms with Gasteiger partial charge in [-0.3, -0.25) is 0 Å². The second kappa shape index (κ2) is 4.96. The molecule has 1 aromatic carbocycles. The maximum absolute atomic E-state index is 13.2. The highest BCUT2D eigenvalue weighted by Gasteiger charge is 2.13. The van der Waals surface area contributed by atoms with Crippen LogP contribution in [-0.4, -0.2) is 10.1 Å². The molecule has 0 spiro atoms. The van der Waals surface area contributed by atoms with Gasteiger partial charge in [0.1, 0.15) is 5.82 Å². The van der Waals surface area contributed by atoms with Gasteiger partial charge in [-0.15, -0.1) is 0 Å². The van der Waals surface area contributed by atoms with Gasteiger partial charge < -0.3 is 4.52 Å². The van der Waals surface area contributed by atoms with Crippen LogP contribution < -0.4 is 0 Å². The number of rotatable bonds is 3. The van der Waals surface area contributed by atoms with Crippen LogP contribution in [0.15, 0.2) is 22.7 Å². The zero-order chi connectivity index (χ0) is 13.1. The minimum absolute atomic E-state index is 0.188. The number of hydrogen-bond acceptors (Lipinski definition) is 4. The molecule has 1 heterocycles. The quantitative estimate of drug-likeness (QED) is 0.834. The van der Waals surface area contributed by atoms with Crippen LogP contribution in [0.5, 0.6) is 0 Å². The molecule has 0 aliphatic heterocycles. The highest BCUT2D eigenvalue weighted by atomic mass is 19.1. The molecule has 0 saturated carbocycles. The molecule has 5 heteroatoms. The predicted molar refractivity (Wildman–Crippen MR) is 62.9 cm³/mol. The maximum atomic E-state index is 13.2. The summed E-state index contributed by atoms with van der Waals surface area (Å²) in [5, 5.41) is 12.5. The summed E-state index contributed by atoms with van der Waals surface area (Å²) in [6.07, 6.45) is 0.401. The second-order valence-electron chi connectivity index (χ2n) is 4.21. The number of nitriles is 1. The molecule has 0 amide bonds. The fourth-order valence-corrected chi connectivity index (χ4v) is 1.59. The summed E-state index contributed by atoms with van der Waals surface area (Å²) < 4.78 is 18.2. The molecule has 18 heavy (non-hydrogen) atoms. The molecular weight excluding hydrogens is 233 g/mol. The summed E-state index contributed by atoms with van der Waals surface area (Å²) in [6, 6.07) is 6.52. The van der Waals surface area contributed by atoms with E-state index >= 15 is 0 Å². The lowest BCUT2D eigenvalue weighted by atomic mass is 10.1. The highest BCUT2D eigenvalue weighted by Crippen LogP contribution is 2.22. The molecule has 0 saturated heterocycles. The Morgan fingerprint density at radius 2 is 2.28 bits per heavy atom. The van der Waals surface area contributed by atoms with Crippen molar-refractivity contribution in [2.45, 2.75) is 20.3 Å². The molecule has 0 bridgehead atoms. The molecule has 1 aromatic heterocycles. The highest BCUT2D eigenvalue weighted by molar-refractivity contribution is 5.59. The van der Waals surface area contributed by atoms with Gasteiger partial charge in [-0.2, -0.15) is 10.2 Å². The van der Waals surface area contributed by atoms with Crippen molar-refractivity contribution in [2.24, 2.45) is 5.92 Å². The number of hydrogen-bond donors (Lipinski definition) is 0. The Balaban J connectivity index is 2.30. The van der Waals surface area contributed by atoms with E-state index in [1.54, 1.807) is 13.0 Å². The summed E-state index contributed by atoms with van der Waals surface area (Å²) in [5.41, 5.74) is 1.48. The number of halogens is 1. The minimum atomic E-state index is -0.340. The lowest BCUT2D eigenvalue weighted by molar-refractivity contribution is 0.369. The molecule has 1 unspecified atom stereocenters.